The molecule has 0 bridgehead atoms. The fraction of sp³-hybridized carbons (Fsp3) is 0.600. The first-order valence-electron chi connectivity index (χ1n) is 5.02. The first-order chi connectivity index (χ1) is 7.26. The van der Waals surface area contributed by atoms with Gasteiger partial charge in [-0.1, -0.05) is 0 Å². The highest BCUT2D eigenvalue weighted by atomic mass is 16.6. The molecule has 6 heteroatoms. The van der Waals surface area contributed by atoms with Gasteiger partial charge in [-0.25, -0.2) is 9.79 Å². The minimum atomic E-state index is -0.552. The van der Waals surface area contributed by atoms with Crippen molar-refractivity contribution in [1.82, 2.24) is 5.32 Å². The Morgan fingerprint density at radius 2 is 2.00 bits per heavy atom. The number of carbonyl (C=O) groups excluding carboxylic acids is 1. The van der Waals surface area contributed by atoms with E-state index in [1.165, 1.54) is 6.20 Å². The van der Waals surface area contributed by atoms with Gasteiger partial charge in [0.25, 0.3) is 0 Å². The molecule has 0 aliphatic rings. The zero-order valence-corrected chi connectivity index (χ0v) is 10.2. The summed E-state index contributed by atoms with van der Waals surface area (Å²) in [6, 6.07) is 0. The highest BCUT2D eigenvalue weighted by Gasteiger charge is 2.19. The molecule has 0 saturated carbocycles. The van der Waals surface area contributed by atoms with Crippen molar-refractivity contribution >= 4 is 11.9 Å². The minimum absolute atomic E-state index is 0.112. The highest BCUT2D eigenvalue weighted by Crippen LogP contribution is 2.09. The fourth-order valence-electron chi connectivity index (χ4n) is 0.833. The van der Waals surface area contributed by atoms with Crippen LogP contribution in [0.5, 0.6) is 0 Å². The summed E-state index contributed by atoms with van der Waals surface area (Å²) in [5.41, 5.74) is 10.0. The molecule has 0 saturated heterocycles. The molecule has 0 fully saturated rings. The van der Waals surface area contributed by atoms with Crippen LogP contribution >= 0.6 is 0 Å². The topological polar surface area (TPSA) is 103 Å². The molecule has 0 aromatic carbocycles. The van der Waals surface area contributed by atoms with Gasteiger partial charge in [-0.3, -0.25) is 0 Å². The summed E-state index contributed by atoms with van der Waals surface area (Å²) in [4.78, 5) is 15.3. The van der Waals surface area contributed by atoms with Crippen molar-refractivity contribution in [2.24, 2.45) is 16.5 Å². The van der Waals surface area contributed by atoms with Gasteiger partial charge in [0.05, 0.1) is 6.20 Å². The average Bonchev–Trinajstić information content (AvgIpc) is 2.08. The van der Waals surface area contributed by atoms with Crippen LogP contribution in [0.1, 0.15) is 27.7 Å². The molecule has 0 amide bonds. The van der Waals surface area contributed by atoms with Crippen LogP contribution in [0.15, 0.2) is 16.9 Å². The third-order valence-corrected chi connectivity index (χ3v) is 1.33. The molecule has 0 unspecified atom stereocenters. The Labute approximate surface area is 95.7 Å². The van der Waals surface area contributed by atoms with E-state index in [-0.39, 0.29) is 11.7 Å². The van der Waals surface area contributed by atoms with Crippen LogP contribution in [0.4, 0.5) is 0 Å². The Bertz CT molecular complexity index is 298. The number of likely N-dealkylation sites (N-methyl/N-ethyl adjacent to an activating group) is 1. The van der Waals surface area contributed by atoms with Crippen LogP contribution in [0.2, 0.25) is 0 Å². The second kappa shape index (κ2) is 5.99. The van der Waals surface area contributed by atoms with Gasteiger partial charge >= 0.3 is 5.97 Å². The van der Waals surface area contributed by atoms with E-state index in [1.54, 1.807) is 20.8 Å². The van der Waals surface area contributed by atoms with Crippen molar-refractivity contribution in [2.45, 2.75) is 33.3 Å². The monoisotopic (exact) mass is 228 g/mol. The SMILES string of the molecule is CCNC(=CN=C(N)N)C(=O)OC(C)(C)C. The fourth-order valence-corrected chi connectivity index (χ4v) is 0.833. The first kappa shape index (κ1) is 14.3. The van der Waals surface area contributed by atoms with E-state index in [0.717, 1.165) is 0 Å². The first-order valence-corrected chi connectivity index (χ1v) is 5.02. The molecule has 0 aliphatic heterocycles. The molecular weight excluding hydrogens is 208 g/mol. The standard InChI is InChI=1S/C10H20N4O2/c1-5-13-7(6-14-9(11)12)8(15)16-10(2,3)4/h6,13H,5H2,1-4H3,(H4,11,12,14). The molecule has 0 rings (SSSR count). The summed E-state index contributed by atoms with van der Waals surface area (Å²) >= 11 is 0. The summed E-state index contributed by atoms with van der Waals surface area (Å²) in [7, 11) is 0. The van der Waals surface area contributed by atoms with Crippen molar-refractivity contribution in [3.05, 3.63) is 11.9 Å². The zero-order valence-electron chi connectivity index (χ0n) is 10.2. The molecule has 0 heterocycles. The predicted octanol–water partition coefficient (Wildman–Crippen LogP) is 0.0524. The quantitative estimate of drug-likeness (QED) is 0.273. The molecule has 16 heavy (non-hydrogen) atoms. The van der Waals surface area contributed by atoms with Crippen LogP contribution < -0.4 is 16.8 Å². The molecular formula is C10H20N4O2. The maximum Gasteiger partial charge on any atom is 0.356 e. The molecule has 0 radical (unpaired) electrons. The lowest BCUT2D eigenvalue weighted by atomic mass is 10.2. The lowest BCUT2D eigenvalue weighted by Crippen LogP contribution is -2.30. The Morgan fingerprint density at radius 1 is 1.44 bits per heavy atom. The molecule has 6 nitrogen and oxygen atoms in total. The molecule has 5 N–H and O–H groups in total. The van der Waals surface area contributed by atoms with Crippen molar-refractivity contribution in [3.8, 4) is 0 Å². The summed E-state index contributed by atoms with van der Waals surface area (Å²) in [5.74, 6) is -0.599. The number of aliphatic imine (C=N–C) groups is 1. The largest absolute Gasteiger partial charge is 0.455 e. The number of nitrogens with two attached hydrogens (primary N) is 2. The third-order valence-electron chi connectivity index (χ3n) is 1.33. The summed E-state index contributed by atoms with van der Waals surface area (Å²) in [6.07, 6.45) is 1.26. The van der Waals surface area contributed by atoms with E-state index < -0.39 is 11.6 Å². The van der Waals surface area contributed by atoms with Gasteiger partial charge in [-0.05, 0) is 27.7 Å². The van der Waals surface area contributed by atoms with E-state index in [1.807, 2.05) is 6.92 Å². The van der Waals surface area contributed by atoms with Gasteiger partial charge in [0, 0.05) is 6.54 Å². The third kappa shape index (κ3) is 6.69. The van der Waals surface area contributed by atoms with Crippen LogP contribution in [-0.2, 0) is 9.53 Å². The number of hydrogen-bond acceptors (Lipinski definition) is 4. The second-order valence-corrected chi connectivity index (χ2v) is 4.13. The van der Waals surface area contributed by atoms with Crippen LogP contribution in [0.25, 0.3) is 0 Å². The van der Waals surface area contributed by atoms with Crippen LogP contribution in [0, 0.1) is 0 Å². The van der Waals surface area contributed by atoms with Crippen molar-refractivity contribution < 1.29 is 9.53 Å². The number of hydrogen-bond donors (Lipinski definition) is 3. The lowest BCUT2D eigenvalue weighted by Gasteiger charge is -2.20. The number of nitrogens with zero attached hydrogens (tertiary/aromatic N) is 1. The maximum absolute atomic E-state index is 11.7. The molecule has 0 aromatic heterocycles. The Morgan fingerprint density at radius 3 is 2.38 bits per heavy atom. The van der Waals surface area contributed by atoms with Crippen molar-refractivity contribution in [1.29, 1.82) is 0 Å². The van der Waals surface area contributed by atoms with E-state index in [0.29, 0.717) is 6.54 Å². The van der Waals surface area contributed by atoms with Crippen molar-refractivity contribution in [2.75, 3.05) is 6.54 Å². The number of nitrogens with one attached hydrogen (secondary N) is 1. The Kier molecular flexibility index (Phi) is 5.35. The molecule has 0 atom stereocenters. The number of rotatable bonds is 4. The van der Waals surface area contributed by atoms with Gasteiger partial charge in [0.2, 0.25) is 0 Å². The summed E-state index contributed by atoms with van der Waals surface area (Å²) in [5, 5.41) is 2.83. The predicted molar refractivity (Wildman–Crippen MR) is 63.4 cm³/mol. The number of carbonyl (C=O) groups is 1. The summed E-state index contributed by atoms with van der Waals surface area (Å²) < 4.78 is 5.16. The number of esters is 1. The van der Waals surface area contributed by atoms with Gasteiger partial charge < -0.3 is 21.5 Å². The van der Waals surface area contributed by atoms with Crippen LogP contribution in [0.3, 0.4) is 0 Å². The van der Waals surface area contributed by atoms with Crippen LogP contribution in [-0.4, -0.2) is 24.1 Å². The van der Waals surface area contributed by atoms with Crippen molar-refractivity contribution in [3.63, 3.8) is 0 Å². The van der Waals surface area contributed by atoms with Gasteiger partial charge in [-0.2, -0.15) is 0 Å². The Hall–Kier alpha value is -1.72. The smallest absolute Gasteiger partial charge is 0.356 e. The number of ether oxygens (including phenoxy) is 1. The number of guanidine groups is 1. The Balaban J connectivity index is 4.73. The van der Waals surface area contributed by atoms with Gasteiger partial charge in [0.1, 0.15) is 11.3 Å². The summed E-state index contributed by atoms with van der Waals surface area (Å²) in [6.45, 7) is 7.79. The molecule has 0 spiro atoms. The highest BCUT2D eigenvalue weighted by molar-refractivity contribution is 5.88. The van der Waals surface area contributed by atoms with E-state index in [4.69, 9.17) is 16.2 Å². The lowest BCUT2D eigenvalue weighted by molar-refractivity contribution is -0.150. The van der Waals surface area contributed by atoms with E-state index in [2.05, 4.69) is 10.3 Å². The zero-order chi connectivity index (χ0) is 12.8. The van der Waals surface area contributed by atoms with Gasteiger partial charge in [0.15, 0.2) is 5.96 Å². The second-order valence-electron chi connectivity index (χ2n) is 4.13. The van der Waals surface area contributed by atoms with Gasteiger partial charge in [-0.15, -0.1) is 0 Å². The molecule has 92 valence electrons. The van der Waals surface area contributed by atoms with E-state index in [9.17, 15) is 4.79 Å². The average molecular weight is 228 g/mol. The van der Waals surface area contributed by atoms with E-state index >= 15 is 0 Å². The minimum Gasteiger partial charge on any atom is -0.455 e. The molecule has 0 aromatic rings. The normalized spacial score (nSPS) is 11.9. The molecule has 0 aliphatic carbocycles. The maximum atomic E-state index is 11.7.